The molecule has 3 saturated heterocycles. The second-order valence-electron chi connectivity index (χ2n) is 21.1. The minimum atomic E-state index is -1.96. The van der Waals surface area contributed by atoms with Crippen LogP contribution in [0.5, 0.6) is 0 Å². The van der Waals surface area contributed by atoms with Gasteiger partial charge in [0.15, 0.2) is 18.9 Å². The van der Waals surface area contributed by atoms with E-state index in [1.807, 2.05) is 0 Å². The van der Waals surface area contributed by atoms with E-state index in [2.05, 4.69) is 34.6 Å². The number of hydrogen-bond donors (Lipinski definition) is 11. The van der Waals surface area contributed by atoms with Gasteiger partial charge in [-0.15, -0.1) is 0 Å². The Hall–Kier alpha value is -1.76. The van der Waals surface area contributed by atoms with Crippen molar-refractivity contribution < 1.29 is 94.2 Å². The molecule has 4 aliphatic carbocycles. The third-order valence-electron chi connectivity index (χ3n) is 16.9. The first-order chi connectivity index (χ1) is 30.7. The summed E-state index contributed by atoms with van der Waals surface area (Å²) in [6, 6.07) is 0. The molecule has 5 fully saturated rings. The molecule has 2 saturated carbocycles. The van der Waals surface area contributed by atoms with Crippen molar-refractivity contribution in [1.29, 1.82) is 0 Å². The predicted octanol–water partition coefficient (Wildman–Crippen LogP) is -0.503. The molecule has 19 heteroatoms. The van der Waals surface area contributed by atoms with Gasteiger partial charge >= 0.3 is 5.97 Å². The highest BCUT2D eigenvalue weighted by atomic mass is 16.8. The number of ether oxygens (including phenoxy) is 6. The average Bonchev–Trinajstić information content (AvgIpc) is 3.62. The van der Waals surface area contributed by atoms with Crippen LogP contribution in [0.1, 0.15) is 98.8 Å². The number of aliphatic hydroxyl groups excluding tert-OH is 10. The standard InChI is InChI=1S/C46H74O19/c1-20(2)14-22(50)15-21(3)24-7-8-25-23-6-9-30-45(5,26(23)10-12-44(24,25)4)13-11-31(46(30,19-49)43(58)59)63-42-39(65-40-36(56)32(52)27(51)18-60-40)38(34(54)29(17-48)62-42)64-41-37(57)35(55)33(53)28(16-47)61-41/h20-21,24-25,27-42,47-49,51-57H,6-19H2,1-5H3,(H,58,59)/t21-,24-,25+,27-,28-,29-,30-,31+,32-,33+,34+,35+,36+,37-,38+,39-,40-,41+,42+,44-,45-,46-/m1/s1. The number of ketones is 1. The Kier molecular flexibility index (Phi) is 15.7. The van der Waals surface area contributed by atoms with Crippen LogP contribution in [0.25, 0.3) is 0 Å². The first kappa shape index (κ1) is 51.1. The molecule has 372 valence electrons. The molecule has 3 heterocycles. The Morgan fingerprint density at radius 3 is 2.00 bits per heavy atom. The van der Waals surface area contributed by atoms with E-state index in [4.69, 9.17) is 28.4 Å². The van der Waals surface area contributed by atoms with Crippen molar-refractivity contribution in [1.82, 2.24) is 0 Å². The van der Waals surface area contributed by atoms with Gasteiger partial charge in [-0.05, 0) is 91.8 Å². The molecule has 0 spiro atoms. The SMILES string of the molecule is CC(C)CC(=O)C[C@@H](C)[C@H]1CC[C@H]2C3=C(CC[C@]12C)[C@@]1(C)CC[C@H](O[C@@H]2O[C@H](CO)[C@H](O)[C@H](O[C@@H]4O[C@H](CO)[C@H](O)[C@H](O)[C@H]4O)[C@H]2O[C@H]2OC[C@@H](O)[C@@H](O)[C@@H]2O)[C@](CO)(C(=O)O)[C@@H]1CC3. The highest BCUT2D eigenvalue weighted by Gasteiger charge is 2.66. The molecule has 7 aliphatic rings. The van der Waals surface area contributed by atoms with E-state index in [1.165, 1.54) is 11.1 Å². The maximum Gasteiger partial charge on any atom is 0.314 e. The van der Waals surface area contributed by atoms with Crippen LogP contribution in [-0.2, 0) is 38.0 Å². The molecule has 65 heavy (non-hydrogen) atoms. The van der Waals surface area contributed by atoms with Gasteiger partial charge in [0.1, 0.15) is 78.3 Å². The Morgan fingerprint density at radius 1 is 0.708 bits per heavy atom. The highest BCUT2D eigenvalue weighted by molar-refractivity contribution is 5.79. The molecule has 19 nitrogen and oxygen atoms in total. The van der Waals surface area contributed by atoms with E-state index in [-0.39, 0.29) is 23.7 Å². The normalized spacial score (nSPS) is 48.4. The first-order valence-corrected chi connectivity index (χ1v) is 23.6. The van der Waals surface area contributed by atoms with Crippen LogP contribution in [0.3, 0.4) is 0 Å². The van der Waals surface area contributed by atoms with E-state index in [9.17, 15) is 65.8 Å². The number of allylic oxidation sites excluding steroid dienone is 2. The number of hydrogen-bond acceptors (Lipinski definition) is 18. The maximum absolute atomic E-state index is 13.9. The second-order valence-corrected chi connectivity index (χ2v) is 21.1. The lowest BCUT2D eigenvalue weighted by Gasteiger charge is -2.60. The van der Waals surface area contributed by atoms with E-state index in [0.29, 0.717) is 49.7 Å². The Balaban J connectivity index is 1.19. The molecular formula is C46H74O19. The first-order valence-electron chi connectivity index (χ1n) is 23.6. The number of rotatable bonds is 15. The average molecular weight is 931 g/mol. The van der Waals surface area contributed by atoms with Crippen LogP contribution < -0.4 is 0 Å². The van der Waals surface area contributed by atoms with Gasteiger partial charge in [-0.1, -0.05) is 45.8 Å². The molecule has 0 radical (unpaired) electrons. The number of carboxylic acids is 1. The summed E-state index contributed by atoms with van der Waals surface area (Å²) < 4.78 is 36.0. The van der Waals surface area contributed by atoms with Crippen molar-refractivity contribution in [3.8, 4) is 0 Å². The number of Topliss-reactive ketones (excluding diaryl/α,β-unsaturated/α-hetero) is 1. The van der Waals surface area contributed by atoms with Crippen molar-refractivity contribution in [2.75, 3.05) is 26.4 Å². The van der Waals surface area contributed by atoms with E-state index >= 15 is 0 Å². The molecule has 0 aromatic carbocycles. The quantitative estimate of drug-likeness (QED) is 0.0922. The van der Waals surface area contributed by atoms with Gasteiger partial charge < -0.3 is 84.6 Å². The van der Waals surface area contributed by atoms with Crippen LogP contribution >= 0.6 is 0 Å². The van der Waals surface area contributed by atoms with Crippen molar-refractivity contribution in [3.63, 3.8) is 0 Å². The zero-order valence-corrected chi connectivity index (χ0v) is 38.1. The summed E-state index contributed by atoms with van der Waals surface area (Å²) in [6.07, 6.45) is -19.4. The number of aliphatic hydroxyl groups is 10. The molecule has 11 N–H and O–H groups in total. The summed E-state index contributed by atoms with van der Waals surface area (Å²) in [7, 11) is 0. The van der Waals surface area contributed by atoms with Crippen LogP contribution in [0, 0.1) is 45.8 Å². The smallest absolute Gasteiger partial charge is 0.314 e. The van der Waals surface area contributed by atoms with E-state index in [0.717, 1.165) is 25.7 Å². The monoisotopic (exact) mass is 930 g/mol. The molecule has 0 amide bonds. The maximum atomic E-state index is 13.9. The van der Waals surface area contributed by atoms with Crippen LogP contribution in [-0.4, -0.2) is 186 Å². The molecule has 7 rings (SSSR count). The van der Waals surface area contributed by atoms with E-state index in [1.54, 1.807) is 0 Å². The fourth-order valence-corrected chi connectivity index (χ4v) is 13.6. The van der Waals surface area contributed by atoms with Crippen LogP contribution in [0.2, 0.25) is 0 Å². The lowest BCUT2D eigenvalue weighted by atomic mass is 9.45. The molecule has 22 atom stereocenters. The number of fused-ring (bicyclic) bond motifs is 4. The topological polar surface area (TPSA) is 312 Å². The third-order valence-corrected chi connectivity index (χ3v) is 16.9. The van der Waals surface area contributed by atoms with Crippen molar-refractivity contribution in [3.05, 3.63) is 11.1 Å². The molecular weight excluding hydrogens is 856 g/mol. The summed E-state index contributed by atoms with van der Waals surface area (Å²) in [6.45, 7) is 7.78. The number of carbonyl (C=O) groups excluding carboxylic acids is 1. The largest absolute Gasteiger partial charge is 0.481 e. The zero-order chi connectivity index (χ0) is 47.5. The zero-order valence-electron chi connectivity index (χ0n) is 38.1. The minimum Gasteiger partial charge on any atom is -0.481 e. The molecule has 0 bridgehead atoms. The molecule has 0 aromatic rings. The third kappa shape index (κ3) is 9.02. The number of carbonyl (C=O) groups is 2. The van der Waals surface area contributed by atoms with Gasteiger partial charge in [-0.25, -0.2) is 0 Å². The number of carboxylic acid groups (broad SMARTS) is 1. The fraction of sp³-hybridized carbons (Fsp3) is 0.913. The summed E-state index contributed by atoms with van der Waals surface area (Å²) in [5, 5.41) is 118. The summed E-state index contributed by atoms with van der Waals surface area (Å²) in [5.74, 6) is -0.446. The summed E-state index contributed by atoms with van der Waals surface area (Å²) >= 11 is 0. The van der Waals surface area contributed by atoms with Crippen LogP contribution in [0.4, 0.5) is 0 Å². The lowest BCUT2D eigenvalue weighted by Crippen LogP contribution is -2.68. The Bertz CT molecular complexity index is 1710. The van der Waals surface area contributed by atoms with Crippen LogP contribution in [0.15, 0.2) is 11.1 Å². The number of aliphatic carboxylic acids is 1. The van der Waals surface area contributed by atoms with Crippen molar-refractivity contribution in [2.45, 2.75) is 191 Å². The minimum absolute atomic E-state index is 0.0140. The lowest BCUT2D eigenvalue weighted by molar-refractivity contribution is -0.394. The van der Waals surface area contributed by atoms with Gasteiger partial charge in [0.05, 0.1) is 32.5 Å². The van der Waals surface area contributed by atoms with Gasteiger partial charge in [-0.3, -0.25) is 9.59 Å². The summed E-state index contributed by atoms with van der Waals surface area (Å²) in [4.78, 5) is 26.9. The van der Waals surface area contributed by atoms with E-state index < -0.39 is 141 Å². The van der Waals surface area contributed by atoms with Gasteiger partial charge in [0.25, 0.3) is 0 Å². The molecule has 3 aliphatic heterocycles. The second kappa shape index (κ2) is 19.9. The predicted molar refractivity (Wildman–Crippen MR) is 224 cm³/mol. The fourth-order valence-electron chi connectivity index (χ4n) is 13.6. The molecule has 0 aromatic heterocycles. The molecule has 0 unspecified atom stereocenters. The Morgan fingerprint density at radius 2 is 1.35 bits per heavy atom. The Labute approximate surface area is 379 Å². The van der Waals surface area contributed by atoms with Gasteiger partial charge in [0.2, 0.25) is 0 Å². The van der Waals surface area contributed by atoms with Crippen molar-refractivity contribution >= 4 is 11.8 Å². The highest BCUT2D eigenvalue weighted by Crippen LogP contribution is 2.68. The summed E-state index contributed by atoms with van der Waals surface area (Å²) in [5.41, 5.74) is 0.0101. The van der Waals surface area contributed by atoms with Gasteiger partial charge in [-0.2, -0.15) is 0 Å². The van der Waals surface area contributed by atoms with Gasteiger partial charge in [0, 0.05) is 12.8 Å². The van der Waals surface area contributed by atoms with Crippen molar-refractivity contribution in [2.24, 2.45) is 45.8 Å².